The fourth-order valence-corrected chi connectivity index (χ4v) is 4.35. The molecule has 0 saturated heterocycles. The van der Waals surface area contributed by atoms with Crippen LogP contribution in [0.5, 0.6) is 0 Å². The fourth-order valence-electron chi connectivity index (χ4n) is 3.36. The van der Waals surface area contributed by atoms with Gasteiger partial charge >= 0.3 is 5.97 Å². The van der Waals surface area contributed by atoms with E-state index in [1.807, 2.05) is 7.05 Å². The van der Waals surface area contributed by atoms with Crippen LogP contribution in [-0.2, 0) is 11.8 Å². The smallest absolute Gasteiger partial charge is 0.346 e. The lowest BCUT2D eigenvalue weighted by molar-refractivity contribution is -0.659. The number of hydrogen-bond acceptors (Lipinski definition) is 5. The average Bonchev–Trinajstić information content (AvgIpc) is 3.02. The van der Waals surface area contributed by atoms with E-state index in [9.17, 15) is 14.3 Å². The number of anilines is 1. The predicted molar refractivity (Wildman–Crippen MR) is 119 cm³/mol. The van der Waals surface area contributed by atoms with Gasteiger partial charge in [0.05, 0.1) is 13.2 Å². The minimum atomic E-state index is -0.972. The number of unbranched alkanes of at least 4 members (excludes halogenated alkanes) is 1. The summed E-state index contributed by atoms with van der Waals surface area (Å²) in [5.74, 6) is -0.365. The van der Waals surface area contributed by atoms with E-state index in [-0.39, 0.29) is 17.5 Å². The molecule has 0 aliphatic carbocycles. The number of carbonyl (C=O) groups is 1. The van der Waals surface area contributed by atoms with E-state index >= 15 is 0 Å². The second kappa shape index (κ2) is 11.1. The van der Waals surface area contributed by atoms with E-state index in [2.05, 4.69) is 30.7 Å². The molecule has 0 radical (unpaired) electrons. The zero-order chi connectivity index (χ0) is 22.3. The molecule has 2 aromatic heterocycles. The molecule has 2 N–H and O–H groups in total. The summed E-state index contributed by atoms with van der Waals surface area (Å²) in [4.78, 5) is 16.8. The third-order valence-electron chi connectivity index (χ3n) is 4.82. The molecule has 8 heteroatoms. The maximum Gasteiger partial charge on any atom is 0.346 e. The molecule has 0 aromatic carbocycles. The molecule has 1 unspecified atom stereocenters. The van der Waals surface area contributed by atoms with E-state index in [4.69, 9.17) is 4.74 Å². The standard InChI is InChI=1S/C22H30FN3O3S/c1-6-8-10-16(9-7-2)29-17(11-14(3)23)12-24-20-18-15(4)19(22(27)28)30-21(18)25-13-26(20)5/h11,13,16H,3,6-10,12H2,1-2,4-5H3,(H,27,28)/p+1. The number of rotatable bonds is 12. The maximum absolute atomic E-state index is 13.6. The molecule has 0 fully saturated rings. The Morgan fingerprint density at radius 2 is 2.17 bits per heavy atom. The molecule has 0 spiro atoms. The molecule has 0 saturated carbocycles. The summed E-state index contributed by atoms with van der Waals surface area (Å²) < 4.78 is 21.5. The van der Waals surface area contributed by atoms with Crippen LogP contribution in [0.15, 0.2) is 30.6 Å². The van der Waals surface area contributed by atoms with E-state index in [1.165, 1.54) is 6.08 Å². The molecule has 6 nitrogen and oxygen atoms in total. The second-order valence-corrected chi connectivity index (χ2v) is 8.33. The summed E-state index contributed by atoms with van der Waals surface area (Å²) in [5.41, 5.74) is 0.654. The first kappa shape index (κ1) is 23.8. The van der Waals surface area contributed by atoms with E-state index < -0.39 is 11.8 Å². The zero-order valence-corrected chi connectivity index (χ0v) is 18.9. The number of aryl methyl sites for hydroxylation is 2. The van der Waals surface area contributed by atoms with Gasteiger partial charge in [0.15, 0.2) is 0 Å². The number of nitrogens with one attached hydrogen (secondary N) is 1. The lowest BCUT2D eigenvalue weighted by Crippen LogP contribution is -2.34. The Balaban J connectivity index is 2.30. The Labute approximate surface area is 181 Å². The van der Waals surface area contributed by atoms with Crippen molar-refractivity contribution in [3.05, 3.63) is 41.0 Å². The van der Waals surface area contributed by atoms with E-state index in [0.717, 1.165) is 48.8 Å². The van der Waals surface area contributed by atoms with Crippen molar-refractivity contribution in [2.75, 3.05) is 11.9 Å². The third kappa shape index (κ3) is 6.01. The number of carboxylic acids is 1. The number of hydrogen-bond donors (Lipinski definition) is 2. The molecule has 30 heavy (non-hydrogen) atoms. The summed E-state index contributed by atoms with van der Waals surface area (Å²) >= 11 is 1.14. The average molecular weight is 437 g/mol. The van der Waals surface area contributed by atoms with Crippen LogP contribution in [-0.4, -0.2) is 28.7 Å². The number of aromatic carboxylic acids is 1. The van der Waals surface area contributed by atoms with Crippen molar-refractivity contribution in [3.63, 3.8) is 0 Å². The molecular weight excluding hydrogens is 405 g/mol. The molecule has 164 valence electrons. The van der Waals surface area contributed by atoms with Gasteiger partial charge in [0.2, 0.25) is 17.0 Å². The van der Waals surface area contributed by atoms with Crippen molar-refractivity contribution in [1.29, 1.82) is 0 Å². The molecule has 2 heterocycles. The Kier molecular flexibility index (Phi) is 8.77. The van der Waals surface area contributed by atoms with Gasteiger partial charge in [-0.05, 0) is 25.3 Å². The molecule has 0 bridgehead atoms. The molecular formula is C22H31FN3O3S+. The van der Waals surface area contributed by atoms with Crippen LogP contribution >= 0.6 is 11.3 Å². The van der Waals surface area contributed by atoms with Crippen LogP contribution in [0.2, 0.25) is 0 Å². The van der Waals surface area contributed by atoms with E-state index in [1.54, 1.807) is 17.8 Å². The van der Waals surface area contributed by atoms with Gasteiger partial charge in [-0.3, -0.25) is 5.32 Å². The van der Waals surface area contributed by atoms with Gasteiger partial charge in [0.25, 0.3) is 0 Å². The minimum absolute atomic E-state index is 0.0232. The molecule has 0 aliphatic rings. The van der Waals surface area contributed by atoms with Crippen LogP contribution in [0.1, 0.15) is 61.2 Å². The Morgan fingerprint density at radius 3 is 2.77 bits per heavy atom. The predicted octanol–water partition coefficient (Wildman–Crippen LogP) is 5.28. The molecule has 1 atom stereocenters. The summed E-state index contributed by atoms with van der Waals surface area (Å²) in [6, 6.07) is 0. The van der Waals surface area contributed by atoms with Crippen LogP contribution in [0.25, 0.3) is 10.2 Å². The van der Waals surface area contributed by atoms with Crippen LogP contribution in [0.3, 0.4) is 0 Å². The van der Waals surface area contributed by atoms with Gasteiger partial charge in [0, 0.05) is 6.08 Å². The number of thiophene rings is 1. The first-order valence-electron chi connectivity index (χ1n) is 10.2. The number of fused-ring (bicyclic) bond motifs is 1. The van der Waals surface area contributed by atoms with Gasteiger partial charge in [-0.1, -0.05) is 56.0 Å². The number of halogens is 1. The minimum Gasteiger partial charge on any atom is -0.491 e. The van der Waals surface area contributed by atoms with Crippen molar-refractivity contribution >= 4 is 33.3 Å². The first-order valence-corrected chi connectivity index (χ1v) is 11.1. The van der Waals surface area contributed by atoms with Gasteiger partial charge in [-0.2, -0.15) is 0 Å². The second-order valence-electron chi connectivity index (χ2n) is 7.33. The highest BCUT2D eigenvalue weighted by Crippen LogP contribution is 2.32. The van der Waals surface area contributed by atoms with Gasteiger partial charge in [-0.15, -0.1) is 0 Å². The lowest BCUT2D eigenvalue weighted by atomic mass is 10.1. The highest BCUT2D eigenvalue weighted by atomic mass is 32.1. The number of allylic oxidation sites excluding steroid dienone is 2. The van der Waals surface area contributed by atoms with Crippen molar-refractivity contribution in [3.8, 4) is 0 Å². The lowest BCUT2D eigenvalue weighted by Gasteiger charge is -2.20. The van der Waals surface area contributed by atoms with Crippen molar-refractivity contribution in [1.82, 2.24) is 4.98 Å². The van der Waals surface area contributed by atoms with Crippen LogP contribution in [0, 0.1) is 6.92 Å². The van der Waals surface area contributed by atoms with Crippen molar-refractivity contribution in [2.45, 2.75) is 59.0 Å². The van der Waals surface area contributed by atoms with E-state index in [0.29, 0.717) is 22.0 Å². The summed E-state index contributed by atoms with van der Waals surface area (Å²) in [6.45, 7) is 9.60. The van der Waals surface area contributed by atoms with Crippen molar-refractivity contribution < 1.29 is 23.6 Å². The molecule has 0 amide bonds. The molecule has 0 aliphatic heterocycles. The fraction of sp³-hybridized carbons (Fsp3) is 0.500. The SMILES string of the molecule is C=C(F)C=C(CNc1c2c(C)c(C(=O)O)sc2nc[n+]1C)OC(CCC)CCCC. The Hall–Kier alpha value is -2.48. The highest BCUT2D eigenvalue weighted by Gasteiger charge is 2.24. The Bertz CT molecular complexity index is 939. The number of aromatic nitrogens is 2. The zero-order valence-electron chi connectivity index (χ0n) is 18.1. The molecule has 2 aromatic rings. The summed E-state index contributed by atoms with van der Waals surface area (Å²) in [7, 11) is 1.83. The third-order valence-corrected chi connectivity index (χ3v) is 6.00. The quantitative estimate of drug-likeness (QED) is 0.269. The monoisotopic (exact) mass is 436 g/mol. The van der Waals surface area contributed by atoms with Gasteiger partial charge < -0.3 is 9.84 Å². The first-order chi connectivity index (χ1) is 14.3. The van der Waals surface area contributed by atoms with Gasteiger partial charge in [-0.25, -0.2) is 13.8 Å². The van der Waals surface area contributed by atoms with Crippen LogP contribution in [0.4, 0.5) is 10.2 Å². The maximum atomic E-state index is 13.6. The van der Waals surface area contributed by atoms with Crippen molar-refractivity contribution in [2.24, 2.45) is 7.05 Å². The topological polar surface area (TPSA) is 75.3 Å². The molecule has 2 rings (SSSR count). The number of ether oxygens (including phenoxy) is 1. The summed E-state index contributed by atoms with van der Waals surface area (Å²) in [5, 5.41) is 13.5. The van der Waals surface area contributed by atoms with Crippen LogP contribution < -0.4 is 9.88 Å². The number of nitrogens with zero attached hydrogens (tertiary/aromatic N) is 2. The highest BCUT2D eigenvalue weighted by molar-refractivity contribution is 7.20. The number of carboxylic acid groups (broad SMARTS) is 1. The summed E-state index contributed by atoms with van der Waals surface area (Å²) in [6.07, 6.45) is 7.88. The normalized spacial score (nSPS) is 12.8. The largest absolute Gasteiger partial charge is 0.491 e. The Morgan fingerprint density at radius 1 is 1.43 bits per heavy atom. The van der Waals surface area contributed by atoms with Gasteiger partial charge in [0.1, 0.15) is 28.4 Å².